The Hall–Kier alpha value is -2.74. The summed E-state index contributed by atoms with van der Waals surface area (Å²) in [5, 5.41) is 34.7. The molecule has 0 amide bonds. The van der Waals surface area contributed by atoms with Gasteiger partial charge in [0.25, 0.3) is 0 Å². The van der Waals surface area contributed by atoms with E-state index in [4.69, 9.17) is 0 Å². The summed E-state index contributed by atoms with van der Waals surface area (Å²) in [5.74, 6) is -0.342. The second-order valence-electron chi connectivity index (χ2n) is 6.90. The third-order valence-electron chi connectivity index (χ3n) is 5.35. The van der Waals surface area contributed by atoms with Crippen molar-refractivity contribution < 1.29 is 10.2 Å². The lowest BCUT2D eigenvalue weighted by molar-refractivity contribution is 0.130. The van der Waals surface area contributed by atoms with Gasteiger partial charge in [0.15, 0.2) is 11.4 Å². The Bertz CT molecular complexity index is 1030. The lowest BCUT2D eigenvalue weighted by atomic mass is 10.0. The van der Waals surface area contributed by atoms with Crippen LogP contribution in [0.25, 0.3) is 16.7 Å². The predicted octanol–water partition coefficient (Wildman–Crippen LogP) is 2.44. The number of nitrogens with zero attached hydrogens (tertiary/aromatic N) is 3. The van der Waals surface area contributed by atoms with Crippen molar-refractivity contribution in [3.8, 4) is 11.4 Å². The Morgan fingerprint density at radius 3 is 2.70 bits per heavy atom. The van der Waals surface area contributed by atoms with Crippen LogP contribution in [0.2, 0.25) is 0 Å². The maximum atomic E-state index is 13.7. The van der Waals surface area contributed by atoms with Gasteiger partial charge in [-0.2, -0.15) is 0 Å². The topological polar surface area (TPSA) is 98.4 Å². The van der Waals surface area contributed by atoms with Crippen molar-refractivity contribution >= 4 is 16.7 Å². The van der Waals surface area contributed by atoms with Crippen LogP contribution in [0.15, 0.2) is 53.5 Å². The molecule has 2 atom stereocenters. The number of quaternary nitrogens is 1. The van der Waals surface area contributed by atoms with Crippen LogP contribution in [-0.2, 0) is 0 Å². The van der Waals surface area contributed by atoms with E-state index in [1.165, 1.54) is 4.57 Å². The number of aliphatic hydroxyl groups excluding tert-OH is 1. The highest BCUT2D eigenvalue weighted by atomic mass is 16.6. The lowest BCUT2D eigenvalue weighted by Crippen LogP contribution is -2.58. The maximum absolute atomic E-state index is 13.7. The van der Waals surface area contributed by atoms with E-state index in [1.54, 1.807) is 42.6 Å². The zero-order valence-electron chi connectivity index (χ0n) is 14.8. The van der Waals surface area contributed by atoms with Crippen molar-refractivity contribution in [2.24, 2.45) is 0 Å². The van der Waals surface area contributed by atoms with Crippen molar-refractivity contribution in [3.63, 3.8) is 0 Å². The fourth-order valence-electron chi connectivity index (χ4n) is 3.98. The first-order valence-corrected chi connectivity index (χ1v) is 9.06. The van der Waals surface area contributed by atoms with E-state index >= 15 is 0 Å². The minimum absolute atomic E-state index is 0.147. The smallest absolute Gasteiger partial charge is 0.322 e. The van der Waals surface area contributed by atoms with Crippen LogP contribution in [0.1, 0.15) is 19.3 Å². The molecule has 0 radical (unpaired) electrons. The molecule has 3 heterocycles. The number of hydroxylamine groups is 2. The zero-order chi connectivity index (χ0) is 19.0. The van der Waals surface area contributed by atoms with Gasteiger partial charge in [0.1, 0.15) is 6.04 Å². The summed E-state index contributed by atoms with van der Waals surface area (Å²) < 4.78 is 0.351. The van der Waals surface area contributed by atoms with Gasteiger partial charge in [-0.1, -0.05) is 18.2 Å². The van der Waals surface area contributed by atoms with E-state index in [0.717, 1.165) is 6.42 Å². The summed E-state index contributed by atoms with van der Waals surface area (Å²) in [7, 11) is 0. The molecule has 2 N–H and O–H groups in total. The number of hydrogen-bond acceptors (Lipinski definition) is 5. The molecule has 1 saturated heterocycles. The highest BCUT2D eigenvalue weighted by Crippen LogP contribution is 2.39. The van der Waals surface area contributed by atoms with Crippen LogP contribution >= 0.6 is 0 Å². The standard InChI is InChI=1S/C20H21N3O4/c24-13-15-9-4-5-12-23(15,27)17-18(25)16-10-6-11-21-19(16)22(20(17)26)14-7-2-1-3-8-14/h1-3,6-8,10-11,15,24-25H,4-5,9,12-13H2. The Kier molecular flexibility index (Phi) is 4.43. The summed E-state index contributed by atoms with van der Waals surface area (Å²) in [6.45, 7) is -0.187. The van der Waals surface area contributed by atoms with E-state index < -0.39 is 16.2 Å². The Morgan fingerprint density at radius 1 is 1.19 bits per heavy atom. The van der Waals surface area contributed by atoms with E-state index in [1.807, 2.05) is 6.07 Å². The number of rotatable bonds is 3. The number of fused-ring (bicyclic) bond motifs is 1. The molecule has 2 unspecified atom stereocenters. The van der Waals surface area contributed by atoms with Crippen molar-refractivity contribution in [2.45, 2.75) is 25.3 Å². The van der Waals surface area contributed by atoms with Crippen molar-refractivity contribution in [1.29, 1.82) is 0 Å². The first kappa shape index (κ1) is 17.7. The van der Waals surface area contributed by atoms with E-state index in [9.17, 15) is 20.2 Å². The summed E-state index contributed by atoms with van der Waals surface area (Å²) in [4.78, 5) is 17.7. The van der Waals surface area contributed by atoms with Gasteiger partial charge < -0.3 is 20.1 Å². The molecule has 27 heavy (non-hydrogen) atoms. The van der Waals surface area contributed by atoms with Gasteiger partial charge in [0.05, 0.1) is 24.2 Å². The van der Waals surface area contributed by atoms with Crippen molar-refractivity contribution in [2.75, 3.05) is 13.2 Å². The number of hydrogen-bond donors (Lipinski definition) is 2. The van der Waals surface area contributed by atoms with Gasteiger partial charge in [-0.25, -0.2) is 4.98 Å². The van der Waals surface area contributed by atoms with Gasteiger partial charge in [-0.15, -0.1) is 0 Å². The number of aromatic hydroxyl groups is 1. The largest absolute Gasteiger partial charge is 0.627 e. The molecule has 3 aromatic rings. The minimum atomic E-state index is -1.02. The molecule has 1 aromatic carbocycles. The number of aliphatic hydroxyl groups is 1. The molecule has 7 nitrogen and oxygen atoms in total. The lowest BCUT2D eigenvalue weighted by Gasteiger charge is -2.49. The molecule has 0 spiro atoms. The normalized spacial score (nSPS) is 22.8. The summed E-state index contributed by atoms with van der Waals surface area (Å²) in [5.41, 5.74) is 0.0362. The third-order valence-corrected chi connectivity index (χ3v) is 5.35. The van der Waals surface area contributed by atoms with Crippen LogP contribution in [0.4, 0.5) is 5.69 Å². The predicted molar refractivity (Wildman–Crippen MR) is 104 cm³/mol. The molecule has 1 aliphatic heterocycles. The number of pyridine rings is 2. The van der Waals surface area contributed by atoms with Crippen LogP contribution in [0.3, 0.4) is 0 Å². The Labute approximate surface area is 155 Å². The highest BCUT2D eigenvalue weighted by Gasteiger charge is 2.40. The monoisotopic (exact) mass is 367 g/mol. The van der Waals surface area contributed by atoms with Gasteiger partial charge in [0, 0.05) is 12.6 Å². The third kappa shape index (κ3) is 2.71. The molecule has 140 valence electrons. The molecule has 1 fully saturated rings. The first-order valence-electron chi connectivity index (χ1n) is 9.06. The minimum Gasteiger partial charge on any atom is -0.627 e. The molecule has 4 rings (SSSR count). The summed E-state index contributed by atoms with van der Waals surface area (Å²) >= 11 is 0. The van der Waals surface area contributed by atoms with Crippen LogP contribution in [-0.4, -0.2) is 39.0 Å². The average molecular weight is 367 g/mol. The highest BCUT2D eigenvalue weighted by molar-refractivity contribution is 5.88. The number of benzene rings is 1. The molecular formula is C20H21N3O4. The molecular weight excluding hydrogens is 346 g/mol. The maximum Gasteiger partial charge on any atom is 0.322 e. The van der Waals surface area contributed by atoms with E-state index in [0.29, 0.717) is 29.6 Å². The second-order valence-corrected chi connectivity index (χ2v) is 6.90. The van der Waals surface area contributed by atoms with Crippen LogP contribution < -0.4 is 10.2 Å². The van der Waals surface area contributed by atoms with E-state index in [2.05, 4.69) is 4.98 Å². The molecule has 0 saturated carbocycles. The zero-order valence-corrected chi connectivity index (χ0v) is 14.8. The first-order chi connectivity index (χ1) is 13.1. The van der Waals surface area contributed by atoms with Crippen LogP contribution in [0, 0.1) is 5.21 Å². The molecule has 0 bridgehead atoms. The quantitative estimate of drug-likeness (QED) is 0.547. The molecule has 1 aliphatic rings. The Balaban J connectivity index is 2.10. The second kappa shape index (κ2) is 6.77. The van der Waals surface area contributed by atoms with Gasteiger partial charge in [0.2, 0.25) is 5.69 Å². The average Bonchev–Trinajstić information content (AvgIpc) is 2.69. The number of aromatic nitrogens is 2. The van der Waals surface area contributed by atoms with E-state index in [-0.39, 0.29) is 24.6 Å². The fourth-order valence-corrected chi connectivity index (χ4v) is 3.98. The number of para-hydroxylation sites is 1. The van der Waals surface area contributed by atoms with Gasteiger partial charge >= 0.3 is 5.56 Å². The fraction of sp³-hybridized carbons (Fsp3) is 0.300. The SMILES string of the molecule is O=c1c([N+]2([O-])CCCCC2CO)c(O)c2cccnc2n1-c1ccccc1. The van der Waals surface area contributed by atoms with Gasteiger partial charge in [-0.3, -0.25) is 9.36 Å². The van der Waals surface area contributed by atoms with Gasteiger partial charge in [-0.05, 0) is 37.1 Å². The van der Waals surface area contributed by atoms with Crippen molar-refractivity contribution in [3.05, 3.63) is 64.2 Å². The van der Waals surface area contributed by atoms with Crippen LogP contribution in [0.5, 0.6) is 5.75 Å². The summed E-state index contributed by atoms with van der Waals surface area (Å²) in [6.07, 6.45) is 3.50. The molecule has 2 aromatic heterocycles. The van der Waals surface area contributed by atoms with Crippen molar-refractivity contribution in [1.82, 2.24) is 14.2 Å². The molecule has 0 aliphatic carbocycles. The Morgan fingerprint density at radius 2 is 1.96 bits per heavy atom. The number of piperidine rings is 1. The molecule has 7 heteroatoms. The summed E-state index contributed by atoms with van der Waals surface area (Å²) in [6, 6.07) is 11.6.